The molecule has 1 aliphatic rings. The van der Waals surface area contributed by atoms with Gasteiger partial charge in [0.05, 0.1) is 0 Å². The number of hydrogen-bond acceptors (Lipinski definition) is 3. The number of nitrogens with zero attached hydrogens (tertiary/aromatic N) is 2. The van der Waals surface area contributed by atoms with Gasteiger partial charge in [-0.2, -0.15) is 0 Å². The number of ether oxygens (including phenoxy) is 1. The zero-order chi connectivity index (χ0) is 11.4. The van der Waals surface area contributed by atoms with Crippen LogP contribution >= 0.6 is 0 Å². The van der Waals surface area contributed by atoms with Crippen molar-refractivity contribution in [2.24, 2.45) is 4.99 Å². The van der Waals surface area contributed by atoms with Crippen molar-refractivity contribution in [3.8, 4) is 6.07 Å². The van der Waals surface area contributed by atoms with Crippen molar-refractivity contribution >= 4 is 25.5 Å². The van der Waals surface area contributed by atoms with E-state index in [9.17, 15) is 5.26 Å². The fraction of sp³-hybridized carbons (Fsp3) is 0.500. The first-order valence-electron chi connectivity index (χ1n) is 5.55. The molecule has 0 unspecified atom stereocenters. The summed E-state index contributed by atoms with van der Waals surface area (Å²) in [6.07, 6.45) is 6.18. The van der Waals surface area contributed by atoms with Crippen LogP contribution in [-0.2, 0) is 17.6 Å². The second-order valence-electron chi connectivity index (χ2n) is 3.69. The fourth-order valence-corrected chi connectivity index (χ4v) is 4.38. The van der Waals surface area contributed by atoms with Crippen molar-refractivity contribution in [2.45, 2.75) is 32.6 Å². The molecule has 0 saturated heterocycles. The van der Waals surface area contributed by atoms with Crippen molar-refractivity contribution in [2.75, 3.05) is 6.61 Å². The van der Waals surface area contributed by atoms with Gasteiger partial charge >= 0.3 is 101 Å². The summed E-state index contributed by atoms with van der Waals surface area (Å²) in [6.45, 7) is 2.55. The Morgan fingerprint density at radius 2 is 2.31 bits per heavy atom. The minimum atomic E-state index is 0.258. The molecule has 0 saturated carbocycles. The molecule has 0 radical (unpaired) electrons. The fourth-order valence-electron chi connectivity index (χ4n) is 1.92. The molecule has 0 aliphatic heterocycles. The first-order chi connectivity index (χ1) is 7.86. The molecule has 1 aromatic rings. The monoisotopic (exact) mass is 282 g/mol. The van der Waals surface area contributed by atoms with Crippen molar-refractivity contribution in [3.63, 3.8) is 0 Å². The van der Waals surface area contributed by atoms with Crippen molar-refractivity contribution in [1.29, 1.82) is 5.26 Å². The van der Waals surface area contributed by atoms with Gasteiger partial charge in [-0.1, -0.05) is 0 Å². The van der Waals surface area contributed by atoms with Crippen LogP contribution in [0.3, 0.4) is 0 Å². The molecule has 0 fully saturated rings. The third kappa shape index (κ3) is 2.21. The average Bonchev–Trinajstić information content (AvgIpc) is 2.67. The molecule has 2 rings (SSSR count). The first-order valence-corrected chi connectivity index (χ1v) is 7.27. The molecule has 1 aliphatic carbocycles. The molecule has 16 heavy (non-hydrogen) atoms. The molecule has 84 valence electrons. The summed E-state index contributed by atoms with van der Waals surface area (Å²) < 4.78 is 7.54. The van der Waals surface area contributed by atoms with Crippen LogP contribution in [0.1, 0.15) is 35.3 Å². The van der Waals surface area contributed by atoms with Gasteiger partial charge in [0.1, 0.15) is 0 Å². The Morgan fingerprint density at radius 1 is 1.50 bits per heavy atom. The van der Waals surface area contributed by atoms with Crippen LogP contribution in [0.2, 0.25) is 0 Å². The van der Waals surface area contributed by atoms with Gasteiger partial charge in [-0.3, -0.25) is 0 Å². The van der Waals surface area contributed by atoms with Crippen LogP contribution in [0.25, 0.3) is 0 Å². The van der Waals surface area contributed by atoms with Crippen LogP contribution < -0.4 is 0 Å². The molecule has 1 heterocycles. The van der Waals surface area contributed by atoms with Crippen molar-refractivity contribution in [1.82, 2.24) is 0 Å². The predicted octanol–water partition coefficient (Wildman–Crippen LogP) is 2.19. The second-order valence-corrected chi connectivity index (χ2v) is 5.97. The number of nitriles is 1. The Labute approximate surface area is 102 Å². The standard InChI is InChI=1S/C12H14N2OSe/c1-2-15-8-14-12-10(7-13)9-5-3-4-6-11(9)16-12/h8H,2-6H2,1H3/b14-8+. The van der Waals surface area contributed by atoms with E-state index in [0.717, 1.165) is 23.0 Å². The number of aliphatic imine (C=N–C) groups is 1. The van der Waals surface area contributed by atoms with Crippen LogP contribution in [0.15, 0.2) is 4.99 Å². The second kappa shape index (κ2) is 5.34. The Morgan fingerprint density at radius 3 is 3.06 bits per heavy atom. The Balaban J connectivity index is 2.31. The van der Waals surface area contributed by atoms with Crippen LogP contribution in [-0.4, -0.2) is 27.5 Å². The van der Waals surface area contributed by atoms with Gasteiger partial charge < -0.3 is 0 Å². The third-order valence-corrected chi connectivity index (χ3v) is 5.19. The quantitative estimate of drug-likeness (QED) is 0.484. The molecule has 4 heteroatoms. The SMILES string of the molecule is CCO/C=N/c1[se]c2c(c1C#N)CCCC2. The van der Waals surface area contributed by atoms with Gasteiger partial charge in [-0.05, 0) is 0 Å². The van der Waals surface area contributed by atoms with E-state index in [1.807, 2.05) is 6.92 Å². The summed E-state index contributed by atoms with van der Waals surface area (Å²) in [4.78, 5) is 4.29. The predicted molar refractivity (Wildman–Crippen MR) is 64.5 cm³/mol. The normalized spacial score (nSPS) is 14.8. The minimum absolute atomic E-state index is 0.258. The molecule has 0 bridgehead atoms. The number of rotatable bonds is 3. The molecular weight excluding hydrogens is 267 g/mol. The van der Waals surface area contributed by atoms with Crippen LogP contribution in [0, 0.1) is 11.3 Å². The van der Waals surface area contributed by atoms with Crippen LogP contribution in [0.4, 0.5) is 4.56 Å². The maximum absolute atomic E-state index is 9.19. The van der Waals surface area contributed by atoms with Gasteiger partial charge in [-0.15, -0.1) is 0 Å². The summed E-state index contributed by atoms with van der Waals surface area (Å²) in [5, 5.41) is 9.19. The Kier molecular flexibility index (Phi) is 3.82. The summed E-state index contributed by atoms with van der Waals surface area (Å²) >= 11 is 0.258. The molecule has 0 aromatic carbocycles. The van der Waals surface area contributed by atoms with E-state index in [0.29, 0.717) is 6.61 Å². The van der Waals surface area contributed by atoms with Crippen molar-refractivity contribution < 1.29 is 4.74 Å². The van der Waals surface area contributed by atoms with Gasteiger partial charge in [0.15, 0.2) is 0 Å². The summed E-state index contributed by atoms with van der Waals surface area (Å²) in [6, 6.07) is 2.31. The number of hydrogen-bond donors (Lipinski definition) is 0. The van der Waals surface area contributed by atoms with E-state index in [2.05, 4.69) is 11.1 Å². The third-order valence-electron chi connectivity index (χ3n) is 2.68. The first kappa shape index (κ1) is 11.4. The molecule has 0 amide bonds. The van der Waals surface area contributed by atoms with E-state index >= 15 is 0 Å². The van der Waals surface area contributed by atoms with E-state index in [-0.39, 0.29) is 14.5 Å². The zero-order valence-electron chi connectivity index (χ0n) is 9.32. The van der Waals surface area contributed by atoms with Gasteiger partial charge in [0.25, 0.3) is 0 Å². The molecule has 1 aromatic heterocycles. The number of aryl methyl sites for hydroxylation is 1. The number of fused-ring (bicyclic) bond motifs is 1. The summed E-state index contributed by atoms with van der Waals surface area (Å²) in [5.41, 5.74) is 2.11. The van der Waals surface area contributed by atoms with E-state index in [1.54, 1.807) is 0 Å². The maximum atomic E-state index is 9.19. The van der Waals surface area contributed by atoms with E-state index in [1.165, 1.54) is 29.2 Å². The van der Waals surface area contributed by atoms with Gasteiger partial charge in [0.2, 0.25) is 0 Å². The Bertz CT molecular complexity index is 443. The van der Waals surface area contributed by atoms with Crippen LogP contribution in [0.5, 0.6) is 0 Å². The van der Waals surface area contributed by atoms with Gasteiger partial charge in [-0.25, -0.2) is 0 Å². The molecule has 3 nitrogen and oxygen atoms in total. The average molecular weight is 281 g/mol. The summed E-state index contributed by atoms with van der Waals surface area (Å²) in [5.74, 6) is 0. The van der Waals surface area contributed by atoms with Gasteiger partial charge in [0, 0.05) is 0 Å². The molecular formula is C12H14N2OSe. The molecule has 0 atom stereocenters. The Hall–Kier alpha value is -1.04. The van der Waals surface area contributed by atoms with Crippen molar-refractivity contribution in [3.05, 3.63) is 15.6 Å². The molecule has 0 spiro atoms. The summed E-state index contributed by atoms with van der Waals surface area (Å²) in [7, 11) is 0. The molecule has 0 N–H and O–H groups in total. The van der Waals surface area contributed by atoms with E-state index in [4.69, 9.17) is 4.74 Å². The van der Waals surface area contributed by atoms with E-state index < -0.39 is 0 Å². The topological polar surface area (TPSA) is 45.4 Å². The zero-order valence-corrected chi connectivity index (χ0v) is 11.0.